The number of methoxy groups -OCH3 is 1. The number of esters is 1. The third-order valence-electron chi connectivity index (χ3n) is 2.63. The van der Waals surface area contributed by atoms with Crippen LogP contribution in [-0.4, -0.2) is 30.6 Å². The van der Waals surface area contributed by atoms with E-state index in [1.54, 1.807) is 0 Å². The lowest BCUT2D eigenvalue weighted by atomic mass is 10.2. The number of nitrogens with one attached hydrogen (secondary N) is 2. The molecule has 0 amide bonds. The first-order chi connectivity index (χ1) is 9.77. The summed E-state index contributed by atoms with van der Waals surface area (Å²) in [6.07, 6.45) is -3.74. The highest BCUT2D eigenvalue weighted by Gasteiger charge is 2.32. The zero-order valence-electron chi connectivity index (χ0n) is 12.0. The van der Waals surface area contributed by atoms with Crippen molar-refractivity contribution in [3.63, 3.8) is 0 Å². The van der Waals surface area contributed by atoms with Crippen molar-refractivity contribution in [3.8, 4) is 0 Å². The molecule has 0 radical (unpaired) electrons. The minimum atomic E-state index is -4.49. The molecule has 0 aromatic carbocycles. The summed E-state index contributed by atoms with van der Waals surface area (Å²) in [6, 6.07) is 0.991. The number of ether oxygens (including phenoxy) is 1. The van der Waals surface area contributed by atoms with Gasteiger partial charge >= 0.3 is 12.1 Å². The fourth-order valence-corrected chi connectivity index (χ4v) is 1.57. The Labute approximate surface area is 120 Å². The zero-order valence-corrected chi connectivity index (χ0v) is 12.0. The summed E-state index contributed by atoms with van der Waals surface area (Å²) in [7, 11) is 1.20. The van der Waals surface area contributed by atoms with Gasteiger partial charge in [0.15, 0.2) is 0 Å². The summed E-state index contributed by atoms with van der Waals surface area (Å²) in [5, 5.41) is 5.39. The number of pyridine rings is 1. The highest BCUT2D eigenvalue weighted by molar-refractivity contribution is 5.78. The van der Waals surface area contributed by atoms with Gasteiger partial charge in [0.2, 0.25) is 0 Å². The Kier molecular flexibility index (Phi) is 5.80. The van der Waals surface area contributed by atoms with E-state index >= 15 is 0 Å². The number of carbonyl (C=O) groups excluding carboxylic acids is 1. The Morgan fingerprint density at radius 1 is 1.38 bits per heavy atom. The lowest BCUT2D eigenvalue weighted by Crippen LogP contribution is -2.28. The highest BCUT2D eigenvalue weighted by Crippen LogP contribution is 2.32. The van der Waals surface area contributed by atoms with Gasteiger partial charge in [-0.2, -0.15) is 13.2 Å². The third kappa shape index (κ3) is 5.13. The predicted octanol–water partition coefficient (Wildman–Crippen LogP) is 2.90. The van der Waals surface area contributed by atoms with Crippen molar-refractivity contribution in [1.82, 2.24) is 4.98 Å². The maximum Gasteiger partial charge on any atom is 0.416 e. The number of hydrogen-bond acceptors (Lipinski definition) is 5. The molecule has 5 nitrogen and oxygen atoms in total. The van der Waals surface area contributed by atoms with Crippen LogP contribution in [0.2, 0.25) is 0 Å². The van der Waals surface area contributed by atoms with E-state index < -0.39 is 23.8 Å². The van der Waals surface area contributed by atoms with Gasteiger partial charge in [-0.05, 0) is 25.5 Å². The summed E-state index contributed by atoms with van der Waals surface area (Å²) < 4.78 is 43.1. The van der Waals surface area contributed by atoms with Crippen molar-refractivity contribution >= 4 is 17.6 Å². The summed E-state index contributed by atoms with van der Waals surface area (Å²) in [6.45, 7) is 3.87. The molecule has 1 unspecified atom stereocenters. The Bertz CT molecular complexity index is 492. The van der Waals surface area contributed by atoms with Crippen LogP contribution in [0.3, 0.4) is 0 Å². The molecule has 1 heterocycles. The van der Waals surface area contributed by atoms with Gasteiger partial charge in [0, 0.05) is 6.54 Å². The number of rotatable bonds is 6. The van der Waals surface area contributed by atoms with E-state index in [0.29, 0.717) is 6.54 Å². The molecule has 0 bridgehead atoms. The maximum absolute atomic E-state index is 12.9. The number of alkyl halides is 3. The average Bonchev–Trinajstić information content (AvgIpc) is 2.42. The Hall–Kier alpha value is -1.99. The van der Waals surface area contributed by atoms with E-state index in [-0.39, 0.29) is 11.6 Å². The predicted molar refractivity (Wildman–Crippen MR) is 73.1 cm³/mol. The molecule has 21 heavy (non-hydrogen) atoms. The van der Waals surface area contributed by atoms with Crippen LogP contribution in [0, 0.1) is 0 Å². The lowest BCUT2D eigenvalue weighted by Gasteiger charge is -2.16. The largest absolute Gasteiger partial charge is 0.467 e. The average molecular weight is 305 g/mol. The summed E-state index contributed by atoms with van der Waals surface area (Å²) in [4.78, 5) is 15.3. The smallest absolute Gasteiger partial charge is 0.416 e. The second-order valence-corrected chi connectivity index (χ2v) is 4.44. The molecule has 1 aromatic rings. The van der Waals surface area contributed by atoms with Crippen LogP contribution in [0.15, 0.2) is 12.1 Å². The Morgan fingerprint density at radius 2 is 2.00 bits per heavy atom. The normalized spacial score (nSPS) is 12.7. The molecule has 0 fully saturated rings. The molecular formula is C13H18F3N3O2. The maximum atomic E-state index is 12.9. The minimum absolute atomic E-state index is 0.0404. The van der Waals surface area contributed by atoms with Gasteiger partial charge in [-0.25, -0.2) is 9.78 Å². The molecule has 0 saturated carbocycles. The first kappa shape index (κ1) is 17.1. The fraction of sp³-hybridized carbons (Fsp3) is 0.538. The van der Waals surface area contributed by atoms with Crippen molar-refractivity contribution in [2.45, 2.75) is 32.5 Å². The molecule has 0 spiro atoms. The molecule has 0 aliphatic heterocycles. The SMILES string of the molecule is CCCNc1cc(C(F)(F)F)cc(NC(C)C(=O)OC)n1. The number of aromatic nitrogens is 1. The second kappa shape index (κ2) is 7.14. The van der Waals surface area contributed by atoms with Crippen molar-refractivity contribution in [2.75, 3.05) is 24.3 Å². The van der Waals surface area contributed by atoms with Gasteiger partial charge in [-0.3, -0.25) is 0 Å². The molecule has 0 aliphatic carbocycles. The molecule has 2 N–H and O–H groups in total. The number of carbonyl (C=O) groups is 1. The quantitative estimate of drug-likeness (QED) is 0.791. The number of hydrogen-bond donors (Lipinski definition) is 2. The van der Waals surface area contributed by atoms with E-state index in [4.69, 9.17) is 0 Å². The van der Waals surface area contributed by atoms with Crippen LogP contribution in [0.25, 0.3) is 0 Å². The van der Waals surface area contributed by atoms with Crippen LogP contribution in [-0.2, 0) is 15.7 Å². The van der Waals surface area contributed by atoms with Crippen molar-refractivity contribution in [1.29, 1.82) is 0 Å². The van der Waals surface area contributed by atoms with Crippen LogP contribution < -0.4 is 10.6 Å². The van der Waals surface area contributed by atoms with Gasteiger partial charge in [0.1, 0.15) is 17.7 Å². The summed E-state index contributed by atoms with van der Waals surface area (Å²) in [5.41, 5.74) is -0.837. The highest BCUT2D eigenvalue weighted by atomic mass is 19.4. The summed E-state index contributed by atoms with van der Waals surface area (Å²) in [5.74, 6) is -0.523. The third-order valence-corrected chi connectivity index (χ3v) is 2.63. The molecule has 118 valence electrons. The number of halogens is 3. The topological polar surface area (TPSA) is 63.2 Å². The monoisotopic (exact) mass is 305 g/mol. The molecule has 1 rings (SSSR count). The van der Waals surface area contributed by atoms with E-state index in [1.165, 1.54) is 14.0 Å². The molecular weight excluding hydrogens is 287 g/mol. The minimum Gasteiger partial charge on any atom is -0.467 e. The van der Waals surface area contributed by atoms with E-state index in [2.05, 4.69) is 20.4 Å². The van der Waals surface area contributed by atoms with E-state index in [0.717, 1.165) is 18.6 Å². The van der Waals surface area contributed by atoms with E-state index in [1.807, 2.05) is 6.92 Å². The van der Waals surface area contributed by atoms with Crippen molar-refractivity contribution in [2.24, 2.45) is 0 Å². The lowest BCUT2D eigenvalue weighted by molar-refractivity contribution is -0.141. The van der Waals surface area contributed by atoms with Crippen molar-refractivity contribution in [3.05, 3.63) is 17.7 Å². The van der Waals surface area contributed by atoms with Gasteiger partial charge in [0.25, 0.3) is 0 Å². The number of nitrogens with zero attached hydrogens (tertiary/aromatic N) is 1. The molecule has 1 aromatic heterocycles. The van der Waals surface area contributed by atoms with Gasteiger partial charge in [0.05, 0.1) is 12.7 Å². The van der Waals surface area contributed by atoms with E-state index in [9.17, 15) is 18.0 Å². The second-order valence-electron chi connectivity index (χ2n) is 4.44. The van der Waals surface area contributed by atoms with Crippen LogP contribution in [0.4, 0.5) is 24.8 Å². The standard InChI is InChI=1S/C13H18F3N3O2/c1-4-5-17-10-6-9(13(14,15)16)7-11(19-10)18-8(2)12(20)21-3/h6-8H,4-5H2,1-3H3,(H2,17,18,19). The summed E-state index contributed by atoms with van der Waals surface area (Å²) >= 11 is 0. The van der Waals surface area contributed by atoms with Crippen molar-refractivity contribution < 1.29 is 22.7 Å². The van der Waals surface area contributed by atoms with Crippen LogP contribution >= 0.6 is 0 Å². The zero-order chi connectivity index (χ0) is 16.0. The molecule has 0 saturated heterocycles. The fourth-order valence-electron chi connectivity index (χ4n) is 1.57. The number of anilines is 2. The van der Waals surface area contributed by atoms with Gasteiger partial charge in [-0.15, -0.1) is 0 Å². The molecule has 8 heteroatoms. The Morgan fingerprint density at radius 3 is 2.52 bits per heavy atom. The Balaban J connectivity index is 3.04. The van der Waals surface area contributed by atoms with Crippen LogP contribution in [0.1, 0.15) is 25.8 Å². The first-order valence-corrected chi connectivity index (χ1v) is 6.45. The van der Waals surface area contributed by atoms with Crippen LogP contribution in [0.5, 0.6) is 0 Å². The van der Waals surface area contributed by atoms with Gasteiger partial charge in [-0.1, -0.05) is 6.92 Å². The molecule has 1 atom stereocenters. The molecule has 0 aliphatic rings. The van der Waals surface area contributed by atoms with Gasteiger partial charge < -0.3 is 15.4 Å². The first-order valence-electron chi connectivity index (χ1n) is 6.45.